The van der Waals surface area contributed by atoms with Crippen LogP contribution in [-0.2, 0) is 10.3 Å². The van der Waals surface area contributed by atoms with Gasteiger partial charge in [0.25, 0.3) is 0 Å². The van der Waals surface area contributed by atoms with E-state index in [1.807, 2.05) is 12.1 Å². The SMILES string of the molecule is COC(=O)c1ccc(C2(N)CNC2)cc1.Cl.Cl. The molecule has 0 amide bonds. The number of nitrogens with two attached hydrogens (primary N) is 1. The van der Waals surface area contributed by atoms with Crippen LogP contribution in [0.1, 0.15) is 15.9 Å². The van der Waals surface area contributed by atoms with Gasteiger partial charge in [0.1, 0.15) is 0 Å². The standard InChI is InChI=1S/C11H14N2O2.2ClH/c1-15-10(14)8-2-4-9(5-3-8)11(12)6-13-7-11;;/h2-5,13H,6-7,12H2,1H3;2*1H. The van der Waals surface area contributed by atoms with E-state index in [4.69, 9.17) is 5.73 Å². The van der Waals surface area contributed by atoms with Crippen LogP contribution in [0.3, 0.4) is 0 Å². The maximum Gasteiger partial charge on any atom is 0.337 e. The van der Waals surface area contributed by atoms with Gasteiger partial charge in [-0.1, -0.05) is 12.1 Å². The number of nitrogens with one attached hydrogen (secondary N) is 1. The van der Waals surface area contributed by atoms with Crippen molar-refractivity contribution in [1.82, 2.24) is 5.32 Å². The topological polar surface area (TPSA) is 64.3 Å². The van der Waals surface area contributed by atoms with Crippen LogP contribution in [0.2, 0.25) is 0 Å². The second-order valence-corrected chi connectivity index (χ2v) is 3.83. The van der Waals surface area contributed by atoms with Crippen LogP contribution in [0.25, 0.3) is 0 Å². The van der Waals surface area contributed by atoms with Crippen LogP contribution in [-0.4, -0.2) is 26.2 Å². The molecule has 1 saturated heterocycles. The average Bonchev–Trinajstić information content (AvgIpc) is 2.25. The lowest BCUT2D eigenvalue weighted by atomic mass is 9.85. The van der Waals surface area contributed by atoms with Gasteiger partial charge in [-0.15, -0.1) is 24.8 Å². The molecule has 1 aromatic carbocycles. The maximum absolute atomic E-state index is 11.2. The minimum absolute atomic E-state index is 0. The Morgan fingerprint density at radius 1 is 1.29 bits per heavy atom. The zero-order valence-electron chi connectivity index (χ0n) is 9.43. The normalized spacial score (nSPS) is 15.9. The Hall–Kier alpha value is -0.810. The number of hydrogen-bond donors (Lipinski definition) is 2. The van der Waals surface area contributed by atoms with E-state index in [1.165, 1.54) is 7.11 Å². The highest BCUT2D eigenvalue weighted by atomic mass is 35.5. The van der Waals surface area contributed by atoms with E-state index in [1.54, 1.807) is 12.1 Å². The highest BCUT2D eigenvalue weighted by molar-refractivity contribution is 5.89. The van der Waals surface area contributed by atoms with Crippen LogP contribution in [0.5, 0.6) is 0 Å². The van der Waals surface area contributed by atoms with Crippen molar-refractivity contribution in [2.75, 3.05) is 20.2 Å². The summed E-state index contributed by atoms with van der Waals surface area (Å²) in [5.41, 5.74) is 7.44. The van der Waals surface area contributed by atoms with Crippen LogP contribution in [0.4, 0.5) is 0 Å². The molecule has 1 fully saturated rings. The fourth-order valence-electron chi connectivity index (χ4n) is 1.65. The maximum atomic E-state index is 11.2. The highest BCUT2D eigenvalue weighted by Crippen LogP contribution is 2.22. The van der Waals surface area contributed by atoms with Gasteiger partial charge in [0, 0.05) is 13.1 Å². The zero-order valence-corrected chi connectivity index (χ0v) is 11.1. The minimum atomic E-state index is -0.320. The van der Waals surface area contributed by atoms with Crippen LogP contribution in [0.15, 0.2) is 24.3 Å². The summed E-state index contributed by atoms with van der Waals surface area (Å²) >= 11 is 0. The second kappa shape index (κ2) is 6.21. The first-order valence-corrected chi connectivity index (χ1v) is 4.84. The van der Waals surface area contributed by atoms with E-state index in [0.717, 1.165) is 18.7 Å². The van der Waals surface area contributed by atoms with Gasteiger partial charge in [0.15, 0.2) is 0 Å². The lowest BCUT2D eigenvalue weighted by Gasteiger charge is -2.39. The molecule has 1 aliphatic heterocycles. The molecule has 6 heteroatoms. The third-order valence-corrected chi connectivity index (χ3v) is 2.76. The van der Waals surface area contributed by atoms with E-state index in [2.05, 4.69) is 10.1 Å². The molecule has 1 aliphatic rings. The van der Waals surface area contributed by atoms with Crippen LogP contribution < -0.4 is 11.1 Å². The number of hydrogen-bond acceptors (Lipinski definition) is 4. The van der Waals surface area contributed by atoms with E-state index in [9.17, 15) is 4.79 Å². The van der Waals surface area contributed by atoms with Crippen LogP contribution in [0, 0.1) is 0 Å². The fourth-order valence-corrected chi connectivity index (χ4v) is 1.65. The first-order chi connectivity index (χ1) is 7.15. The summed E-state index contributed by atoms with van der Waals surface area (Å²) in [6.07, 6.45) is 0. The summed E-state index contributed by atoms with van der Waals surface area (Å²) in [7, 11) is 1.37. The first kappa shape index (κ1) is 16.2. The average molecular weight is 279 g/mol. The molecule has 0 unspecified atom stereocenters. The van der Waals surface area contributed by atoms with Gasteiger partial charge in [-0.05, 0) is 17.7 Å². The molecule has 0 bridgehead atoms. The molecule has 1 aromatic rings. The number of carbonyl (C=O) groups excluding carboxylic acids is 1. The molecule has 0 saturated carbocycles. The number of esters is 1. The molecule has 4 nitrogen and oxygen atoms in total. The van der Waals surface area contributed by atoms with Crippen molar-refractivity contribution in [2.45, 2.75) is 5.54 Å². The van der Waals surface area contributed by atoms with E-state index in [-0.39, 0.29) is 36.3 Å². The third kappa shape index (κ3) is 3.10. The summed E-state index contributed by atoms with van der Waals surface area (Å²) in [5.74, 6) is -0.320. The van der Waals surface area contributed by atoms with Gasteiger partial charge in [-0.2, -0.15) is 0 Å². The van der Waals surface area contributed by atoms with Gasteiger partial charge in [-0.25, -0.2) is 4.79 Å². The predicted octanol–water partition coefficient (Wildman–Crippen LogP) is 1.07. The van der Waals surface area contributed by atoms with Crippen molar-refractivity contribution in [3.63, 3.8) is 0 Å². The summed E-state index contributed by atoms with van der Waals surface area (Å²) in [5, 5.41) is 3.13. The number of rotatable bonds is 2. The molecule has 0 aromatic heterocycles. The molecule has 0 spiro atoms. The largest absolute Gasteiger partial charge is 0.465 e. The van der Waals surface area contributed by atoms with Crippen molar-refractivity contribution in [1.29, 1.82) is 0 Å². The Balaban J connectivity index is 0.00000128. The van der Waals surface area contributed by atoms with Crippen molar-refractivity contribution < 1.29 is 9.53 Å². The van der Waals surface area contributed by atoms with E-state index < -0.39 is 0 Å². The van der Waals surface area contributed by atoms with Gasteiger partial charge in [0.2, 0.25) is 0 Å². The smallest absolute Gasteiger partial charge is 0.337 e. The second-order valence-electron chi connectivity index (χ2n) is 3.83. The summed E-state index contributed by atoms with van der Waals surface area (Å²) in [6.45, 7) is 1.56. The van der Waals surface area contributed by atoms with Gasteiger partial charge < -0.3 is 15.8 Å². The van der Waals surface area contributed by atoms with Crippen molar-refractivity contribution in [3.05, 3.63) is 35.4 Å². The number of ether oxygens (including phenoxy) is 1. The number of methoxy groups -OCH3 is 1. The lowest BCUT2D eigenvalue weighted by Crippen LogP contribution is -2.62. The summed E-state index contributed by atoms with van der Waals surface area (Å²) in [6, 6.07) is 7.25. The quantitative estimate of drug-likeness (QED) is 0.795. The Bertz CT molecular complexity index is 378. The molecule has 0 radical (unpaired) electrons. The monoisotopic (exact) mass is 278 g/mol. The number of benzene rings is 1. The third-order valence-electron chi connectivity index (χ3n) is 2.76. The molecule has 2 rings (SSSR count). The molecule has 0 aliphatic carbocycles. The van der Waals surface area contributed by atoms with Gasteiger partial charge >= 0.3 is 5.97 Å². The molecule has 1 heterocycles. The minimum Gasteiger partial charge on any atom is -0.465 e. The molecule has 96 valence electrons. The van der Waals surface area contributed by atoms with E-state index >= 15 is 0 Å². The Kier molecular flexibility index (Phi) is 5.92. The zero-order chi connectivity index (χ0) is 10.9. The van der Waals surface area contributed by atoms with Crippen LogP contribution >= 0.6 is 24.8 Å². The lowest BCUT2D eigenvalue weighted by molar-refractivity contribution is 0.0600. The molecular weight excluding hydrogens is 263 g/mol. The predicted molar refractivity (Wildman–Crippen MR) is 71.0 cm³/mol. The molecule has 3 N–H and O–H groups in total. The van der Waals surface area contributed by atoms with E-state index in [0.29, 0.717) is 5.56 Å². The van der Waals surface area contributed by atoms with Gasteiger partial charge in [-0.3, -0.25) is 0 Å². The first-order valence-electron chi connectivity index (χ1n) is 4.84. The Morgan fingerprint density at radius 2 is 1.82 bits per heavy atom. The van der Waals surface area contributed by atoms with Crippen molar-refractivity contribution in [2.24, 2.45) is 5.73 Å². The van der Waals surface area contributed by atoms with Gasteiger partial charge in [0.05, 0.1) is 18.2 Å². The Morgan fingerprint density at radius 3 is 2.18 bits per heavy atom. The highest BCUT2D eigenvalue weighted by Gasteiger charge is 2.33. The fraction of sp³-hybridized carbons (Fsp3) is 0.364. The summed E-state index contributed by atoms with van der Waals surface area (Å²) < 4.78 is 4.62. The van der Waals surface area contributed by atoms with Crippen molar-refractivity contribution >= 4 is 30.8 Å². The van der Waals surface area contributed by atoms with Crippen molar-refractivity contribution in [3.8, 4) is 0 Å². The number of carbonyl (C=O) groups is 1. The molecule has 17 heavy (non-hydrogen) atoms. The molecule has 0 atom stereocenters. The molecular formula is C11H16Cl2N2O2. The Labute approximate surface area is 113 Å². The summed E-state index contributed by atoms with van der Waals surface area (Å²) in [4.78, 5) is 11.2. The number of halogens is 2.